The van der Waals surface area contributed by atoms with Crippen molar-refractivity contribution in [1.82, 2.24) is 4.90 Å². The Morgan fingerprint density at radius 3 is 2.79 bits per heavy atom. The number of carbonyl (C=O) groups is 2. The van der Waals surface area contributed by atoms with E-state index in [0.29, 0.717) is 0 Å². The standard InChI is InChI=1S/C12H8FNO3S2/c13-8-4-2-1-3-7(8)5-9-11(17)14(6-10(15)16)12(18)19-9/h1-5H,6H2,(H,15,16). The maximum Gasteiger partial charge on any atom is 0.323 e. The Morgan fingerprint density at radius 1 is 1.47 bits per heavy atom. The van der Waals surface area contributed by atoms with Crippen molar-refractivity contribution in [2.75, 3.05) is 6.54 Å². The molecule has 0 aromatic heterocycles. The van der Waals surface area contributed by atoms with Crippen LogP contribution in [0.15, 0.2) is 29.2 Å². The molecular formula is C12H8FNO3S2. The Hall–Kier alpha value is -1.73. The lowest BCUT2D eigenvalue weighted by Gasteiger charge is -2.10. The maximum absolute atomic E-state index is 13.5. The number of amides is 1. The minimum absolute atomic E-state index is 0.162. The summed E-state index contributed by atoms with van der Waals surface area (Å²) in [6.07, 6.45) is 1.37. The number of carboxylic acid groups (broad SMARTS) is 1. The van der Waals surface area contributed by atoms with Crippen LogP contribution in [-0.2, 0) is 9.59 Å². The van der Waals surface area contributed by atoms with Gasteiger partial charge in [0, 0.05) is 5.56 Å². The summed E-state index contributed by atoms with van der Waals surface area (Å²) in [5.74, 6) is -2.12. The Morgan fingerprint density at radius 2 is 2.16 bits per heavy atom. The smallest absolute Gasteiger partial charge is 0.323 e. The first-order valence-corrected chi connectivity index (χ1v) is 6.43. The van der Waals surface area contributed by atoms with E-state index in [4.69, 9.17) is 17.3 Å². The lowest BCUT2D eigenvalue weighted by molar-refractivity contribution is -0.140. The van der Waals surface area contributed by atoms with E-state index >= 15 is 0 Å². The SMILES string of the molecule is O=C(O)CN1C(=O)C(=Cc2ccccc2F)SC1=S. The number of thioether (sulfide) groups is 1. The van der Waals surface area contributed by atoms with E-state index in [2.05, 4.69) is 0 Å². The van der Waals surface area contributed by atoms with E-state index in [-0.39, 0.29) is 14.8 Å². The number of hydrogen-bond donors (Lipinski definition) is 1. The summed E-state index contributed by atoms with van der Waals surface area (Å²) in [6, 6.07) is 6.00. The fourth-order valence-corrected chi connectivity index (χ4v) is 2.75. The Balaban J connectivity index is 2.28. The van der Waals surface area contributed by atoms with Gasteiger partial charge in [-0.3, -0.25) is 14.5 Å². The van der Waals surface area contributed by atoms with Crippen LogP contribution >= 0.6 is 24.0 Å². The van der Waals surface area contributed by atoms with Gasteiger partial charge in [0.1, 0.15) is 16.7 Å². The van der Waals surface area contributed by atoms with Gasteiger partial charge in [0.05, 0.1) is 4.91 Å². The highest BCUT2D eigenvalue weighted by Gasteiger charge is 2.33. The van der Waals surface area contributed by atoms with Crippen molar-refractivity contribution in [2.24, 2.45) is 0 Å². The molecule has 0 atom stereocenters. The van der Waals surface area contributed by atoms with Gasteiger partial charge in [-0.1, -0.05) is 42.2 Å². The second kappa shape index (κ2) is 5.50. The molecule has 0 unspecified atom stereocenters. The fourth-order valence-electron chi connectivity index (χ4n) is 1.50. The van der Waals surface area contributed by atoms with E-state index in [1.807, 2.05) is 0 Å². The second-order valence-corrected chi connectivity index (χ2v) is 5.36. The summed E-state index contributed by atoms with van der Waals surface area (Å²) in [6.45, 7) is -0.487. The zero-order chi connectivity index (χ0) is 14.0. The van der Waals surface area contributed by atoms with Gasteiger partial charge in [-0.05, 0) is 12.1 Å². The monoisotopic (exact) mass is 297 g/mol. The summed E-state index contributed by atoms with van der Waals surface area (Å²) in [5.41, 5.74) is 0.262. The highest BCUT2D eigenvalue weighted by molar-refractivity contribution is 8.26. The number of thiocarbonyl (C=S) groups is 1. The van der Waals surface area contributed by atoms with E-state index in [1.165, 1.54) is 18.2 Å². The lowest BCUT2D eigenvalue weighted by atomic mass is 10.2. The first-order valence-electron chi connectivity index (χ1n) is 5.20. The lowest BCUT2D eigenvalue weighted by Crippen LogP contribution is -2.33. The summed E-state index contributed by atoms with van der Waals surface area (Å²) in [5, 5.41) is 8.69. The van der Waals surface area contributed by atoms with Crippen LogP contribution in [0.3, 0.4) is 0 Å². The molecule has 1 aromatic carbocycles. The van der Waals surface area contributed by atoms with E-state index in [0.717, 1.165) is 16.7 Å². The third kappa shape index (κ3) is 2.99. The first kappa shape index (κ1) is 13.7. The molecule has 1 aliphatic rings. The molecular weight excluding hydrogens is 289 g/mol. The van der Waals surface area contributed by atoms with E-state index < -0.39 is 24.2 Å². The number of nitrogens with zero attached hydrogens (tertiary/aromatic N) is 1. The zero-order valence-corrected chi connectivity index (χ0v) is 11.1. The highest BCUT2D eigenvalue weighted by atomic mass is 32.2. The normalized spacial score (nSPS) is 17.3. The molecule has 98 valence electrons. The average molecular weight is 297 g/mol. The molecule has 1 aromatic rings. The molecule has 1 aliphatic heterocycles. The van der Waals surface area contributed by atoms with Gasteiger partial charge in [-0.2, -0.15) is 0 Å². The zero-order valence-electron chi connectivity index (χ0n) is 9.50. The molecule has 1 saturated heterocycles. The molecule has 1 N–H and O–H groups in total. The predicted molar refractivity (Wildman–Crippen MR) is 73.9 cm³/mol. The Bertz CT molecular complexity index is 600. The fraction of sp³-hybridized carbons (Fsp3) is 0.0833. The molecule has 4 nitrogen and oxygen atoms in total. The number of benzene rings is 1. The summed E-state index contributed by atoms with van der Waals surface area (Å²) in [4.78, 5) is 23.8. The van der Waals surface area contributed by atoms with Crippen LogP contribution in [0, 0.1) is 5.82 Å². The number of carboxylic acids is 1. The topological polar surface area (TPSA) is 57.6 Å². The van der Waals surface area contributed by atoms with Gasteiger partial charge < -0.3 is 5.11 Å². The molecule has 0 aliphatic carbocycles. The van der Waals surface area contributed by atoms with Gasteiger partial charge in [-0.25, -0.2) is 4.39 Å². The molecule has 0 spiro atoms. The van der Waals surface area contributed by atoms with Crippen molar-refractivity contribution < 1.29 is 19.1 Å². The van der Waals surface area contributed by atoms with Crippen LogP contribution in [0.2, 0.25) is 0 Å². The van der Waals surface area contributed by atoms with Crippen molar-refractivity contribution >= 4 is 46.3 Å². The summed E-state index contributed by atoms with van der Waals surface area (Å²) in [7, 11) is 0. The third-order valence-electron chi connectivity index (χ3n) is 2.36. The van der Waals surface area contributed by atoms with Crippen LogP contribution in [0.4, 0.5) is 4.39 Å². The number of hydrogen-bond acceptors (Lipinski definition) is 4. The largest absolute Gasteiger partial charge is 0.480 e. The van der Waals surface area contributed by atoms with Gasteiger partial charge in [0.2, 0.25) is 0 Å². The number of aliphatic carboxylic acids is 1. The Labute approximate surface area is 117 Å². The van der Waals surface area contributed by atoms with Crippen LogP contribution in [0.1, 0.15) is 5.56 Å². The molecule has 1 amide bonds. The van der Waals surface area contributed by atoms with Crippen molar-refractivity contribution in [3.63, 3.8) is 0 Å². The number of rotatable bonds is 3. The van der Waals surface area contributed by atoms with Gasteiger partial charge in [-0.15, -0.1) is 0 Å². The number of carbonyl (C=O) groups excluding carboxylic acids is 1. The van der Waals surface area contributed by atoms with Gasteiger partial charge in [0.15, 0.2) is 0 Å². The predicted octanol–water partition coefficient (Wildman–Crippen LogP) is 2.11. The van der Waals surface area contributed by atoms with Crippen molar-refractivity contribution in [3.8, 4) is 0 Å². The Kier molecular flexibility index (Phi) is 3.96. The molecule has 1 fully saturated rings. The average Bonchev–Trinajstić information content (AvgIpc) is 2.60. The van der Waals surface area contributed by atoms with E-state index in [9.17, 15) is 14.0 Å². The van der Waals surface area contributed by atoms with Crippen molar-refractivity contribution in [3.05, 3.63) is 40.6 Å². The molecule has 0 saturated carbocycles. The highest BCUT2D eigenvalue weighted by Crippen LogP contribution is 2.32. The molecule has 7 heteroatoms. The van der Waals surface area contributed by atoms with Crippen LogP contribution in [0.5, 0.6) is 0 Å². The van der Waals surface area contributed by atoms with Crippen LogP contribution in [0.25, 0.3) is 6.08 Å². The molecule has 2 rings (SSSR count). The maximum atomic E-state index is 13.5. The minimum Gasteiger partial charge on any atom is -0.480 e. The van der Waals surface area contributed by atoms with E-state index in [1.54, 1.807) is 12.1 Å². The first-order chi connectivity index (χ1) is 8.99. The molecule has 19 heavy (non-hydrogen) atoms. The van der Waals surface area contributed by atoms with Crippen molar-refractivity contribution in [1.29, 1.82) is 0 Å². The van der Waals surface area contributed by atoms with Gasteiger partial charge in [0.25, 0.3) is 5.91 Å². The minimum atomic E-state index is -1.15. The van der Waals surface area contributed by atoms with Gasteiger partial charge >= 0.3 is 5.97 Å². The van der Waals surface area contributed by atoms with Crippen LogP contribution < -0.4 is 0 Å². The quantitative estimate of drug-likeness (QED) is 0.684. The van der Waals surface area contributed by atoms with Crippen molar-refractivity contribution in [2.45, 2.75) is 0 Å². The second-order valence-electron chi connectivity index (χ2n) is 3.68. The number of halogens is 1. The molecule has 0 radical (unpaired) electrons. The molecule has 1 heterocycles. The molecule has 0 bridgehead atoms. The summed E-state index contributed by atoms with van der Waals surface area (Å²) >= 11 is 5.90. The third-order valence-corrected chi connectivity index (χ3v) is 3.74. The summed E-state index contributed by atoms with van der Waals surface area (Å²) < 4.78 is 13.6. The van der Waals surface area contributed by atoms with Crippen LogP contribution in [-0.4, -0.2) is 32.7 Å².